The molecule has 1 aromatic rings. The zero-order valence-electron chi connectivity index (χ0n) is 8.43. The minimum absolute atomic E-state index is 0.622. The highest BCUT2D eigenvalue weighted by molar-refractivity contribution is 5.73. The van der Waals surface area contributed by atoms with Gasteiger partial charge >= 0.3 is 5.97 Å². The van der Waals surface area contributed by atoms with E-state index in [1.807, 2.05) is 30.3 Å². The van der Waals surface area contributed by atoms with Crippen LogP contribution in [0.4, 0.5) is 4.39 Å². The first-order valence-electron chi connectivity index (χ1n) is 4.71. The molecule has 0 radical (unpaired) electrons. The van der Waals surface area contributed by atoms with E-state index in [2.05, 4.69) is 0 Å². The summed E-state index contributed by atoms with van der Waals surface area (Å²) in [5.41, 5.74) is 0.932. The molecule has 80 valence electrons. The first kappa shape index (κ1) is 11.4. The summed E-state index contributed by atoms with van der Waals surface area (Å²) in [4.78, 5) is 10.3. The summed E-state index contributed by atoms with van der Waals surface area (Å²) in [5, 5.41) is 8.44. The third kappa shape index (κ3) is 3.54. The van der Waals surface area contributed by atoms with Crippen LogP contribution in [0.3, 0.4) is 0 Å². The van der Waals surface area contributed by atoms with E-state index in [1.54, 1.807) is 12.2 Å². The molecule has 1 rings (SSSR count). The van der Waals surface area contributed by atoms with Gasteiger partial charge in [0.2, 0.25) is 6.17 Å². The van der Waals surface area contributed by atoms with E-state index in [0.29, 0.717) is 0 Å². The van der Waals surface area contributed by atoms with Gasteiger partial charge in [0.25, 0.3) is 0 Å². The van der Waals surface area contributed by atoms with Crippen LogP contribution in [0.2, 0.25) is 0 Å². The largest absolute Gasteiger partial charge is 0.479 e. The topological polar surface area (TPSA) is 37.3 Å². The van der Waals surface area contributed by atoms with Crippen LogP contribution < -0.4 is 0 Å². The van der Waals surface area contributed by atoms with Crippen molar-refractivity contribution in [3.8, 4) is 0 Å². The Hall–Kier alpha value is -1.64. The Kier molecular flexibility index (Phi) is 4.03. The number of halogens is 1. The van der Waals surface area contributed by atoms with Gasteiger partial charge in [0.15, 0.2) is 0 Å². The molecule has 0 aliphatic rings. The lowest BCUT2D eigenvalue weighted by Gasteiger charge is -2.07. The highest BCUT2D eigenvalue weighted by atomic mass is 19.1. The summed E-state index contributed by atoms with van der Waals surface area (Å²) in [5.74, 6) is -2.04. The van der Waals surface area contributed by atoms with Crippen molar-refractivity contribution < 1.29 is 14.3 Å². The van der Waals surface area contributed by atoms with Crippen LogP contribution in [0.25, 0.3) is 6.08 Å². The Balaban J connectivity index is 2.62. The number of hydrogen-bond acceptors (Lipinski definition) is 1. The van der Waals surface area contributed by atoms with Crippen molar-refractivity contribution >= 4 is 12.0 Å². The molecule has 0 spiro atoms. The van der Waals surface area contributed by atoms with Gasteiger partial charge in [0.05, 0.1) is 0 Å². The molecular weight excluding hydrogens is 195 g/mol. The van der Waals surface area contributed by atoms with Crippen LogP contribution in [0, 0.1) is 5.92 Å². The first-order chi connectivity index (χ1) is 7.11. The van der Waals surface area contributed by atoms with E-state index in [0.717, 1.165) is 5.56 Å². The number of carboxylic acid groups (broad SMARTS) is 1. The molecule has 0 saturated heterocycles. The minimum atomic E-state index is -1.84. The number of benzene rings is 1. The predicted octanol–water partition coefficient (Wildman–Crippen LogP) is 2.76. The van der Waals surface area contributed by atoms with Crippen LogP contribution >= 0.6 is 0 Å². The van der Waals surface area contributed by atoms with Gasteiger partial charge in [-0.1, -0.05) is 49.4 Å². The van der Waals surface area contributed by atoms with Crippen molar-refractivity contribution in [3.05, 3.63) is 42.0 Å². The van der Waals surface area contributed by atoms with E-state index in [-0.39, 0.29) is 0 Å². The van der Waals surface area contributed by atoms with Crippen LogP contribution in [-0.2, 0) is 4.79 Å². The second-order valence-electron chi connectivity index (χ2n) is 3.37. The fraction of sp³-hybridized carbons (Fsp3) is 0.250. The number of carbonyl (C=O) groups is 1. The van der Waals surface area contributed by atoms with Gasteiger partial charge in [-0.3, -0.25) is 0 Å². The minimum Gasteiger partial charge on any atom is -0.479 e. The van der Waals surface area contributed by atoms with Gasteiger partial charge in [0.1, 0.15) is 0 Å². The number of carboxylic acids is 1. The molecular formula is C12H13FO2. The Morgan fingerprint density at radius 3 is 2.53 bits per heavy atom. The lowest BCUT2D eigenvalue weighted by atomic mass is 10.0. The molecule has 0 saturated carbocycles. The van der Waals surface area contributed by atoms with Gasteiger partial charge in [-0.15, -0.1) is 0 Å². The monoisotopic (exact) mass is 208 g/mol. The number of aliphatic carboxylic acids is 1. The molecule has 0 bridgehead atoms. The Morgan fingerprint density at radius 2 is 2.00 bits per heavy atom. The van der Waals surface area contributed by atoms with Crippen molar-refractivity contribution in [2.75, 3.05) is 0 Å². The van der Waals surface area contributed by atoms with Gasteiger partial charge in [-0.05, 0) is 5.56 Å². The molecule has 1 aromatic carbocycles. The third-order valence-electron chi connectivity index (χ3n) is 2.09. The third-order valence-corrected chi connectivity index (χ3v) is 2.09. The summed E-state index contributed by atoms with van der Waals surface area (Å²) in [6.45, 7) is 1.54. The molecule has 0 amide bonds. The maximum atomic E-state index is 13.0. The normalized spacial score (nSPS) is 15.1. The number of allylic oxidation sites excluding steroid dienone is 1. The number of alkyl halides is 1. The summed E-state index contributed by atoms with van der Waals surface area (Å²) in [6.07, 6.45) is 1.44. The molecule has 0 heterocycles. The van der Waals surface area contributed by atoms with E-state index in [9.17, 15) is 9.18 Å². The van der Waals surface area contributed by atoms with Crippen LogP contribution in [0.1, 0.15) is 12.5 Å². The van der Waals surface area contributed by atoms with E-state index in [1.165, 1.54) is 6.92 Å². The zero-order valence-corrected chi connectivity index (χ0v) is 8.43. The van der Waals surface area contributed by atoms with Gasteiger partial charge in [-0.25, -0.2) is 9.18 Å². The molecule has 0 aliphatic heterocycles. The fourth-order valence-electron chi connectivity index (χ4n) is 1.15. The summed E-state index contributed by atoms with van der Waals surface area (Å²) < 4.78 is 13.0. The SMILES string of the molecule is C[C@H](/C=C/c1ccccc1)[C@@H](F)C(=O)O. The van der Waals surface area contributed by atoms with Crippen LogP contribution in [0.5, 0.6) is 0 Å². The van der Waals surface area contributed by atoms with Crippen molar-refractivity contribution in [1.82, 2.24) is 0 Å². The van der Waals surface area contributed by atoms with Gasteiger partial charge < -0.3 is 5.11 Å². The van der Waals surface area contributed by atoms with E-state index < -0.39 is 18.1 Å². The average Bonchev–Trinajstić information content (AvgIpc) is 2.26. The van der Waals surface area contributed by atoms with Crippen molar-refractivity contribution in [3.63, 3.8) is 0 Å². The molecule has 15 heavy (non-hydrogen) atoms. The molecule has 1 N–H and O–H groups in total. The second kappa shape index (κ2) is 5.29. The zero-order chi connectivity index (χ0) is 11.3. The Bertz CT molecular complexity index is 346. The number of rotatable bonds is 4. The molecule has 0 fully saturated rings. The summed E-state index contributed by atoms with van der Waals surface area (Å²) >= 11 is 0. The van der Waals surface area contributed by atoms with Crippen LogP contribution in [0.15, 0.2) is 36.4 Å². The second-order valence-corrected chi connectivity index (χ2v) is 3.37. The van der Waals surface area contributed by atoms with E-state index >= 15 is 0 Å². The van der Waals surface area contributed by atoms with Crippen molar-refractivity contribution in [2.45, 2.75) is 13.1 Å². The average molecular weight is 208 g/mol. The lowest BCUT2D eigenvalue weighted by molar-refractivity contribution is -0.143. The molecule has 2 atom stereocenters. The predicted molar refractivity (Wildman–Crippen MR) is 57.2 cm³/mol. The number of hydrogen-bond donors (Lipinski definition) is 1. The molecule has 0 aliphatic carbocycles. The summed E-state index contributed by atoms with van der Waals surface area (Å²) in [7, 11) is 0. The van der Waals surface area contributed by atoms with Crippen molar-refractivity contribution in [2.24, 2.45) is 5.92 Å². The van der Waals surface area contributed by atoms with Crippen LogP contribution in [-0.4, -0.2) is 17.2 Å². The molecule has 3 heteroatoms. The molecule has 0 unspecified atom stereocenters. The lowest BCUT2D eigenvalue weighted by Crippen LogP contribution is -2.21. The Labute approximate surface area is 88.1 Å². The standard InChI is InChI=1S/C12H13FO2/c1-9(11(13)12(14)15)7-8-10-5-3-2-4-6-10/h2-9,11H,1H3,(H,14,15)/b8-7+/t9-,11-/m1/s1. The highest BCUT2D eigenvalue weighted by Crippen LogP contribution is 2.12. The summed E-state index contributed by atoms with van der Waals surface area (Å²) in [6, 6.07) is 9.37. The molecule has 2 nitrogen and oxygen atoms in total. The molecule has 0 aromatic heterocycles. The Morgan fingerprint density at radius 1 is 1.40 bits per heavy atom. The maximum absolute atomic E-state index is 13.0. The smallest absolute Gasteiger partial charge is 0.338 e. The highest BCUT2D eigenvalue weighted by Gasteiger charge is 2.21. The fourth-order valence-corrected chi connectivity index (χ4v) is 1.15. The van der Waals surface area contributed by atoms with Gasteiger partial charge in [-0.2, -0.15) is 0 Å². The van der Waals surface area contributed by atoms with Crippen molar-refractivity contribution in [1.29, 1.82) is 0 Å². The van der Waals surface area contributed by atoms with Gasteiger partial charge in [0, 0.05) is 5.92 Å². The maximum Gasteiger partial charge on any atom is 0.338 e. The first-order valence-corrected chi connectivity index (χ1v) is 4.71. The quantitative estimate of drug-likeness (QED) is 0.826. The van der Waals surface area contributed by atoms with E-state index in [4.69, 9.17) is 5.11 Å².